The van der Waals surface area contributed by atoms with Gasteiger partial charge >= 0.3 is 0 Å². The summed E-state index contributed by atoms with van der Waals surface area (Å²) in [6, 6.07) is 15.3. The molecule has 2 aliphatic heterocycles. The summed E-state index contributed by atoms with van der Waals surface area (Å²) in [5.74, 6) is 0.0292. The van der Waals surface area contributed by atoms with Gasteiger partial charge in [-0.3, -0.25) is 14.4 Å². The second-order valence-corrected chi connectivity index (χ2v) is 8.27. The number of halogens is 1. The van der Waals surface area contributed by atoms with E-state index in [2.05, 4.69) is 5.32 Å². The monoisotopic (exact) mass is 477 g/mol. The normalized spacial score (nSPS) is 16.6. The molecular formula is C25H20ClN3O5. The largest absolute Gasteiger partial charge is 0.459 e. The van der Waals surface area contributed by atoms with Gasteiger partial charge in [0, 0.05) is 36.8 Å². The molecule has 5 rings (SSSR count). The number of anilines is 1. The van der Waals surface area contributed by atoms with Gasteiger partial charge in [-0.1, -0.05) is 29.8 Å². The maximum atomic E-state index is 13.0. The maximum Gasteiger partial charge on any atom is 0.291 e. The predicted octanol–water partition coefficient (Wildman–Crippen LogP) is 3.90. The van der Waals surface area contributed by atoms with Gasteiger partial charge < -0.3 is 24.3 Å². The van der Waals surface area contributed by atoms with Crippen LogP contribution in [0.5, 0.6) is 5.75 Å². The standard InChI is InChI=1S/C25H20ClN3O5/c26-18-5-2-1-4-16(18)15-22-23(30)27-19-14-17(7-8-20(19)34-22)24(31)28-9-11-29(12-10-28)25(32)21-6-3-13-33-21/h1-8,13-15H,9-12H2,(H,27,30). The van der Waals surface area contributed by atoms with E-state index in [1.165, 1.54) is 6.26 Å². The summed E-state index contributed by atoms with van der Waals surface area (Å²) in [6.07, 6.45) is 3.03. The minimum absolute atomic E-state index is 0.108. The van der Waals surface area contributed by atoms with Crippen LogP contribution in [-0.4, -0.2) is 53.7 Å². The number of ether oxygens (including phenoxy) is 1. The minimum atomic E-state index is -0.429. The van der Waals surface area contributed by atoms with E-state index >= 15 is 0 Å². The first-order valence-electron chi connectivity index (χ1n) is 10.7. The molecule has 0 bridgehead atoms. The summed E-state index contributed by atoms with van der Waals surface area (Å²) >= 11 is 6.17. The molecule has 3 aromatic rings. The predicted molar refractivity (Wildman–Crippen MR) is 126 cm³/mol. The van der Waals surface area contributed by atoms with Crippen LogP contribution in [0.25, 0.3) is 6.08 Å². The number of nitrogens with zero attached hydrogens (tertiary/aromatic N) is 2. The van der Waals surface area contributed by atoms with Gasteiger partial charge in [0.2, 0.25) is 0 Å². The van der Waals surface area contributed by atoms with Crippen LogP contribution in [0.15, 0.2) is 71.0 Å². The Balaban J connectivity index is 1.27. The van der Waals surface area contributed by atoms with Crippen molar-refractivity contribution >= 4 is 41.1 Å². The van der Waals surface area contributed by atoms with E-state index < -0.39 is 5.91 Å². The molecule has 34 heavy (non-hydrogen) atoms. The Morgan fingerprint density at radius 2 is 1.68 bits per heavy atom. The zero-order valence-corrected chi connectivity index (χ0v) is 18.7. The average molecular weight is 478 g/mol. The van der Waals surface area contributed by atoms with Crippen LogP contribution in [0.1, 0.15) is 26.5 Å². The molecule has 1 N–H and O–H groups in total. The first kappa shape index (κ1) is 21.8. The van der Waals surface area contributed by atoms with Gasteiger partial charge in [0.15, 0.2) is 17.3 Å². The lowest BCUT2D eigenvalue weighted by molar-refractivity contribution is -0.115. The smallest absolute Gasteiger partial charge is 0.291 e. The molecule has 0 spiro atoms. The highest BCUT2D eigenvalue weighted by atomic mass is 35.5. The third kappa shape index (κ3) is 4.27. The van der Waals surface area contributed by atoms with E-state index in [1.54, 1.807) is 64.4 Å². The van der Waals surface area contributed by atoms with Crippen LogP contribution < -0.4 is 10.1 Å². The summed E-state index contributed by atoms with van der Waals surface area (Å²) in [6.45, 7) is 1.62. The third-order valence-corrected chi connectivity index (χ3v) is 6.04. The molecular weight excluding hydrogens is 458 g/mol. The lowest BCUT2D eigenvalue weighted by Crippen LogP contribution is -2.50. The van der Waals surface area contributed by atoms with Crippen molar-refractivity contribution in [1.29, 1.82) is 0 Å². The second-order valence-electron chi connectivity index (χ2n) is 7.86. The van der Waals surface area contributed by atoms with Crippen molar-refractivity contribution in [2.75, 3.05) is 31.5 Å². The SMILES string of the molecule is O=C1Nc2cc(C(=O)N3CCN(C(=O)c4ccco4)CC3)ccc2OC1=Cc1ccccc1Cl. The molecule has 0 unspecified atom stereocenters. The van der Waals surface area contributed by atoms with Crippen molar-refractivity contribution in [3.8, 4) is 5.75 Å². The van der Waals surface area contributed by atoms with Crippen molar-refractivity contribution in [3.05, 3.63) is 88.5 Å². The molecule has 1 saturated heterocycles. The lowest BCUT2D eigenvalue weighted by Gasteiger charge is -2.34. The number of amides is 3. The molecule has 9 heteroatoms. The second kappa shape index (κ2) is 9.07. The van der Waals surface area contributed by atoms with Gasteiger partial charge in [-0.25, -0.2) is 0 Å². The van der Waals surface area contributed by atoms with Crippen LogP contribution in [0, 0.1) is 0 Å². The van der Waals surface area contributed by atoms with E-state index in [0.717, 1.165) is 0 Å². The number of nitrogens with one attached hydrogen (secondary N) is 1. The fourth-order valence-electron chi connectivity index (χ4n) is 3.88. The molecule has 2 aliphatic rings. The zero-order chi connectivity index (χ0) is 23.7. The van der Waals surface area contributed by atoms with Gasteiger partial charge in [-0.15, -0.1) is 0 Å². The number of carbonyl (C=O) groups excluding carboxylic acids is 3. The fourth-order valence-corrected chi connectivity index (χ4v) is 4.07. The number of piperazine rings is 1. The van der Waals surface area contributed by atoms with Gasteiger partial charge in [-0.2, -0.15) is 0 Å². The minimum Gasteiger partial charge on any atom is -0.459 e. The highest BCUT2D eigenvalue weighted by Gasteiger charge is 2.28. The highest BCUT2D eigenvalue weighted by Crippen LogP contribution is 2.33. The van der Waals surface area contributed by atoms with Gasteiger partial charge in [0.25, 0.3) is 17.7 Å². The van der Waals surface area contributed by atoms with Crippen molar-refractivity contribution in [3.63, 3.8) is 0 Å². The Morgan fingerprint density at radius 1 is 0.941 bits per heavy atom. The molecule has 0 atom stereocenters. The summed E-state index contributed by atoms with van der Waals surface area (Å²) in [7, 11) is 0. The Kier molecular flexibility index (Phi) is 5.81. The van der Waals surface area contributed by atoms with Crippen LogP contribution in [-0.2, 0) is 4.79 Å². The summed E-state index contributed by atoms with van der Waals surface area (Å²) in [5.41, 5.74) is 1.50. The van der Waals surface area contributed by atoms with Crippen LogP contribution in [0.4, 0.5) is 5.69 Å². The van der Waals surface area contributed by atoms with Gasteiger partial charge in [0.1, 0.15) is 0 Å². The van der Waals surface area contributed by atoms with E-state index in [4.69, 9.17) is 20.8 Å². The first-order chi connectivity index (χ1) is 16.5. The summed E-state index contributed by atoms with van der Waals surface area (Å²) < 4.78 is 10.9. The highest BCUT2D eigenvalue weighted by molar-refractivity contribution is 6.32. The van der Waals surface area contributed by atoms with Crippen molar-refractivity contribution in [2.24, 2.45) is 0 Å². The van der Waals surface area contributed by atoms with E-state index in [9.17, 15) is 14.4 Å². The Hall–Kier alpha value is -4.04. The molecule has 172 valence electrons. The molecule has 2 aromatic carbocycles. The van der Waals surface area contributed by atoms with Crippen molar-refractivity contribution in [2.45, 2.75) is 0 Å². The van der Waals surface area contributed by atoms with Crippen molar-refractivity contribution < 1.29 is 23.5 Å². The average Bonchev–Trinajstić information content (AvgIpc) is 3.40. The molecule has 8 nitrogen and oxygen atoms in total. The van der Waals surface area contributed by atoms with E-state index in [1.807, 2.05) is 6.07 Å². The van der Waals surface area contributed by atoms with Gasteiger partial charge in [0.05, 0.1) is 12.0 Å². The first-order valence-corrected chi connectivity index (χ1v) is 11.1. The number of hydrogen-bond acceptors (Lipinski definition) is 5. The van der Waals surface area contributed by atoms with Crippen LogP contribution in [0.2, 0.25) is 5.02 Å². The molecule has 1 fully saturated rings. The summed E-state index contributed by atoms with van der Waals surface area (Å²) in [4.78, 5) is 41.4. The number of carbonyl (C=O) groups is 3. The lowest BCUT2D eigenvalue weighted by atomic mass is 10.1. The Morgan fingerprint density at radius 3 is 2.38 bits per heavy atom. The number of furan rings is 1. The number of rotatable bonds is 3. The maximum absolute atomic E-state index is 13.0. The summed E-state index contributed by atoms with van der Waals surface area (Å²) in [5, 5.41) is 3.28. The van der Waals surface area contributed by atoms with E-state index in [0.29, 0.717) is 53.8 Å². The van der Waals surface area contributed by atoms with Crippen LogP contribution >= 0.6 is 11.6 Å². The number of hydrogen-bond donors (Lipinski definition) is 1. The molecule has 0 aliphatic carbocycles. The number of fused-ring (bicyclic) bond motifs is 1. The quantitative estimate of drug-likeness (QED) is 0.577. The molecule has 0 radical (unpaired) electrons. The fraction of sp³-hybridized carbons (Fsp3) is 0.160. The molecule has 3 heterocycles. The molecule has 1 aromatic heterocycles. The Bertz CT molecular complexity index is 1290. The molecule has 3 amide bonds. The Labute approximate surface area is 200 Å². The van der Waals surface area contributed by atoms with E-state index in [-0.39, 0.29) is 23.3 Å². The molecule has 0 saturated carbocycles. The van der Waals surface area contributed by atoms with Crippen molar-refractivity contribution in [1.82, 2.24) is 9.80 Å². The van der Waals surface area contributed by atoms with Gasteiger partial charge in [-0.05, 0) is 48.0 Å². The topological polar surface area (TPSA) is 92.1 Å². The number of benzene rings is 2. The van der Waals surface area contributed by atoms with Crippen LogP contribution in [0.3, 0.4) is 0 Å². The zero-order valence-electron chi connectivity index (χ0n) is 18.0. The third-order valence-electron chi connectivity index (χ3n) is 5.70.